The Kier molecular flexibility index (Phi) is 1.63. The molecule has 1 aliphatic rings. The predicted octanol–water partition coefficient (Wildman–Crippen LogP) is 1.52. The van der Waals surface area contributed by atoms with Gasteiger partial charge in [0.25, 0.3) is 0 Å². The second-order valence-corrected chi connectivity index (χ2v) is 2.66. The summed E-state index contributed by atoms with van der Waals surface area (Å²) in [4.78, 5) is 2.18. The van der Waals surface area contributed by atoms with Crippen LogP contribution >= 0.6 is 0 Å². The third kappa shape index (κ3) is 1.27. The maximum atomic E-state index is 3.90. The van der Waals surface area contributed by atoms with Crippen molar-refractivity contribution in [1.82, 2.24) is 10.2 Å². The van der Waals surface area contributed by atoms with Crippen LogP contribution in [0.15, 0.2) is 24.5 Å². The van der Waals surface area contributed by atoms with Gasteiger partial charge in [-0.15, -0.1) is 0 Å². The summed E-state index contributed by atoms with van der Waals surface area (Å²) in [5, 5.41) is 6.83. The van der Waals surface area contributed by atoms with E-state index in [0.717, 1.165) is 12.4 Å². The van der Waals surface area contributed by atoms with Gasteiger partial charge in [0.2, 0.25) is 0 Å². The zero-order valence-electron chi connectivity index (χ0n) is 6.33. The van der Waals surface area contributed by atoms with Crippen LogP contribution in [0, 0.1) is 0 Å². The van der Waals surface area contributed by atoms with Crippen LogP contribution in [0.5, 0.6) is 0 Å². The topological polar surface area (TPSA) is 31.9 Å². The van der Waals surface area contributed by atoms with E-state index in [1.54, 1.807) is 6.20 Å². The molecule has 0 unspecified atom stereocenters. The highest BCUT2D eigenvalue weighted by Crippen LogP contribution is 2.14. The van der Waals surface area contributed by atoms with Crippen molar-refractivity contribution in [3.05, 3.63) is 24.5 Å². The van der Waals surface area contributed by atoms with E-state index in [2.05, 4.69) is 27.4 Å². The van der Waals surface area contributed by atoms with Crippen LogP contribution in [0.4, 0.5) is 5.82 Å². The van der Waals surface area contributed by atoms with E-state index in [1.807, 2.05) is 6.07 Å². The summed E-state index contributed by atoms with van der Waals surface area (Å²) in [7, 11) is 0. The van der Waals surface area contributed by atoms with Gasteiger partial charge in [-0.05, 0) is 12.8 Å². The lowest BCUT2D eigenvalue weighted by Crippen LogP contribution is -2.20. The number of hydrogen-bond donors (Lipinski definition) is 1. The largest absolute Gasteiger partial charge is 0.334 e. The number of aromatic nitrogens is 2. The standard InChI is InChI=1S/C8H11N3/c1-2-6-11(7-3-1)8-4-5-9-10-8/h2,4-6H,1,3,7H2,(H,9,10). The summed E-state index contributed by atoms with van der Waals surface area (Å²) < 4.78 is 0. The van der Waals surface area contributed by atoms with Gasteiger partial charge in [-0.2, -0.15) is 5.10 Å². The summed E-state index contributed by atoms with van der Waals surface area (Å²) in [5.74, 6) is 1.08. The molecule has 0 amide bonds. The minimum absolute atomic E-state index is 1.08. The number of hydrogen-bond acceptors (Lipinski definition) is 2. The molecule has 3 nitrogen and oxygen atoms in total. The van der Waals surface area contributed by atoms with Gasteiger partial charge in [0.15, 0.2) is 0 Å². The van der Waals surface area contributed by atoms with Crippen molar-refractivity contribution >= 4 is 5.82 Å². The van der Waals surface area contributed by atoms with E-state index >= 15 is 0 Å². The molecule has 58 valence electrons. The van der Waals surface area contributed by atoms with Gasteiger partial charge in [0.1, 0.15) is 5.82 Å². The summed E-state index contributed by atoms with van der Waals surface area (Å²) >= 11 is 0. The van der Waals surface area contributed by atoms with Crippen LogP contribution in [0.25, 0.3) is 0 Å². The van der Waals surface area contributed by atoms with E-state index in [4.69, 9.17) is 0 Å². The highest BCUT2D eigenvalue weighted by molar-refractivity contribution is 5.40. The molecule has 0 radical (unpaired) electrons. The SMILES string of the molecule is C1=CN(c2ccn[nH]2)CCC1. The monoisotopic (exact) mass is 149 g/mol. The fourth-order valence-electron chi connectivity index (χ4n) is 1.27. The highest BCUT2D eigenvalue weighted by atomic mass is 15.3. The molecule has 11 heavy (non-hydrogen) atoms. The molecular weight excluding hydrogens is 138 g/mol. The van der Waals surface area contributed by atoms with E-state index in [0.29, 0.717) is 0 Å². The molecule has 1 aromatic rings. The molecule has 0 bridgehead atoms. The molecule has 0 saturated carbocycles. The van der Waals surface area contributed by atoms with Crippen molar-refractivity contribution in [2.75, 3.05) is 11.4 Å². The molecule has 0 aromatic carbocycles. The van der Waals surface area contributed by atoms with Crippen LogP contribution in [0.3, 0.4) is 0 Å². The average molecular weight is 149 g/mol. The highest BCUT2D eigenvalue weighted by Gasteiger charge is 2.05. The van der Waals surface area contributed by atoms with Gasteiger partial charge in [0.05, 0.1) is 6.20 Å². The Morgan fingerprint density at radius 2 is 2.55 bits per heavy atom. The molecule has 0 spiro atoms. The smallest absolute Gasteiger partial charge is 0.127 e. The maximum Gasteiger partial charge on any atom is 0.127 e. The quantitative estimate of drug-likeness (QED) is 0.656. The fraction of sp³-hybridized carbons (Fsp3) is 0.375. The number of H-pyrrole nitrogens is 1. The summed E-state index contributed by atoms with van der Waals surface area (Å²) in [6.45, 7) is 1.10. The first-order chi connectivity index (χ1) is 5.47. The molecule has 2 rings (SSSR count). The second-order valence-electron chi connectivity index (χ2n) is 2.66. The van der Waals surface area contributed by atoms with Crippen LogP contribution in [-0.4, -0.2) is 16.7 Å². The first-order valence-electron chi connectivity index (χ1n) is 3.89. The number of anilines is 1. The molecule has 1 N–H and O–H groups in total. The zero-order chi connectivity index (χ0) is 7.52. The van der Waals surface area contributed by atoms with Gasteiger partial charge < -0.3 is 4.90 Å². The normalized spacial score (nSPS) is 17.3. The van der Waals surface area contributed by atoms with Gasteiger partial charge in [0, 0.05) is 18.8 Å². The van der Waals surface area contributed by atoms with Crippen molar-refractivity contribution in [3.8, 4) is 0 Å². The van der Waals surface area contributed by atoms with Crippen molar-refractivity contribution in [2.45, 2.75) is 12.8 Å². The van der Waals surface area contributed by atoms with Gasteiger partial charge in [-0.3, -0.25) is 5.10 Å². The second kappa shape index (κ2) is 2.78. The van der Waals surface area contributed by atoms with Crippen LogP contribution < -0.4 is 4.90 Å². The summed E-state index contributed by atoms with van der Waals surface area (Å²) in [6, 6.07) is 1.98. The van der Waals surface area contributed by atoms with E-state index in [1.165, 1.54) is 12.8 Å². The Bertz CT molecular complexity index is 238. The third-order valence-corrected chi connectivity index (χ3v) is 1.85. The van der Waals surface area contributed by atoms with Gasteiger partial charge in [-0.1, -0.05) is 6.08 Å². The molecule has 0 atom stereocenters. The van der Waals surface area contributed by atoms with Crippen molar-refractivity contribution in [1.29, 1.82) is 0 Å². The molecular formula is C8H11N3. The van der Waals surface area contributed by atoms with Crippen LogP contribution in [-0.2, 0) is 0 Å². The molecule has 1 aromatic heterocycles. The molecule has 2 heterocycles. The van der Waals surface area contributed by atoms with Crippen LogP contribution in [0.1, 0.15) is 12.8 Å². The lowest BCUT2D eigenvalue weighted by atomic mass is 10.2. The Morgan fingerprint density at radius 1 is 1.55 bits per heavy atom. The zero-order valence-corrected chi connectivity index (χ0v) is 6.33. The van der Waals surface area contributed by atoms with E-state index < -0.39 is 0 Å². The Morgan fingerprint density at radius 3 is 3.18 bits per heavy atom. The third-order valence-electron chi connectivity index (χ3n) is 1.85. The fourth-order valence-corrected chi connectivity index (χ4v) is 1.27. The van der Waals surface area contributed by atoms with Crippen molar-refractivity contribution in [3.63, 3.8) is 0 Å². The Hall–Kier alpha value is -1.25. The number of allylic oxidation sites excluding steroid dienone is 1. The average Bonchev–Trinajstić information content (AvgIpc) is 2.58. The van der Waals surface area contributed by atoms with Gasteiger partial charge in [-0.25, -0.2) is 0 Å². The summed E-state index contributed by atoms with van der Waals surface area (Å²) in [5.41, 5.74) is 0. The Balaban J connectivity index is 2.16. The van der Waals surface area contributed by atoms with Crippen molar-refractivity contribution in [2.24, 2.45) is 0 Å². The molecule has 0 aliphatic carbocycles. The predicted molar refractivity (Wildman–Crippen MR) is 44.3 cm³/mol. The minimum Gasteiger partial charge on any atom is -0.334 e. The number of rotatable bonds is 1. The molecule has 0 fully saturated rings. The number of aromatic amines is 1. The lowest BCUT2D eigenvalue weighted by molar-refractivity contribution is 0.776. The summed E-state index contributed by atoms with van der Waals surface area (Å²) in [6.07, 6.45) is 8.50. The number of nitrogens with zero attached hydrogens (tertiary/aromatic N) is 2. The van der Waals surface area contributed by atoms with E-state index in [-0.39, 0.29) is 0 Å². The van der Waals surface area contributed by atoms with E-state index in [9.17, 15) is 0 Å². The first-order valence-corrected chi connectivity index (χ1v) is 3.89. The first kappa shape index (κ1) is 6.46. The number of nitrogens with one attached hydrogen (secondary N) is 1. The molecule has 3 heteroatoms. The van der Waals surface area contributed by atoms with Crippen molar-refractivity contribution < 1.29 is 0 Å². The molecule has 0 saturated heterocycles. The van der Waals surface area contributed by atoms with Crippen LogP contribution in [0.2, 0.25) is 0 Å². The molecule has 1 aliphatic heterocycles. The minimum atomic E-state index is 1.08. The lowest BCUT2D eigenvalue weighted by Gasteiger charge is -2.20. The maximum absolute atomic E-state index is 3.90. The van der Waals surface area contributed by atoms with Gasteiger partial charge >= 0.3 is 0 Å². The Labute approximate surface area is 65.7 Å².